The van der Waals surface area contributed by atoms with Crippen LogP contribution in [0.15, 0.2) is 52.3 Å². The minimum absolute atomic E-state index is 0.0114. The third kappa shape index (κ3) is 2.35. The quantitative estimate of drug-likeness (QED) is 0.547. The Bertz CT molecular complexity index is 1210. The minimum Gasteiger partial charge on any atom is -0.441 e. The molecule has 0 atom stereocenters. The van der Waals surface area contributed by atoms with Gasteiger partial charge in [0.05, 0.1) is 16.1 Å². The number of hydrogen-bond donors (Lipinski definition) is 0. The molecule has 0 amide bonds. The normalized spacial score (nSPS) is 14.2. The van der Waals surface area contributed by atoms with E-state index in [9.17, 15) is 9.18 Å². The number of fused-ring (bicyclic) bond motifs is 1. The molecule has 8 heteroatoms. The van der Waals surface area contributed by atoms with Crippen molar-refractivity contribution < 1.29 is 8.81 Å². The maximum absolute atomic E-state index is 13.8. The molecular formula is C18H12ClFN4O2. The molecule has 6 nitrogen and oxygen atoms in total. The second-order valence-electron chi connectivity index (χ2n) is 6.25. The molecule has 3 heterocycles. The third-order valence-electron chi connectivity index (χ3n) is 4.51. The Hall–Kier alpha value is -2.93. The van der Waals surface area contributed by atoms with Crippen LogP contribution in [0.5, 0.6) is 0 Å². The molecule has 1 aromatic carbocycles. The van der Waals surface area contributed by atoms with Crippen LogP contribution in [0.2, 0.25) is 5.02 Å². The fraction of sp³-hybridized carbons (Fsp3) is 0.167. The number of rotatable bonds is 3. The zero-order valence-electron chi connectivity index (χ0n) is 13.4. The summed E-state index contributed by atoms with van der Waals surface area (Å²) in [5, 5.41) is 0.0114. The van der Waals surface area contributed by atoms with Crippen LogP contribution in [0.25, 0.3) is 28.2 Å². The fourth-order valence-electron chi connectivity index (χ4n) is 3.08. The van der Waals surface area contributed by atoms with Crippen molar-refractivity contribution in [2.45, 2.75) is 18.9 Å². The van der Waals surface area contributed by atoms with Crippen LogP contribution < -0.4 is 5.69 Å². The first-order chi connectivity index (χ1) is 12.6. The molecule has 0 unspecified atom stereocenters. The molecule has 26 heavy (non-hydrogen) atoms. The van der Waals surface area contributed by atoms with E-state index >= 15 is 0 Å². The first-order valence-corrected chi connectivity index (χ1v) is 8.49. The van der Waals surface area contributed by atoms with E-state index in [1.165, 1.54) is 23.1 Å². The molecule has 0 radical (unpaired) electrons. The van der Waals surface area contributed by atoms with Crippen molar-refractivity contribution in [3.05, 3.63) is 64.4 Å². The van der Waals surface area contributed by atoms with E-state index in [4.69, 9.17) is 16.0 Å². The summed E-state index contributed by atoms with van der Waals surface area (Å²) >= 11 is 5.74. The second kappa shape index (κ2) is 5.54. The van der Waals surface area contributed by atoms with Crippen molar-refractivity contribution in [2.24, 2.45) is 0 Å². The maximum Gasteiger partial charge on any atom is 0.354 e. The standard InChI is InChI=1S/C18H12ClFN4O2/c19-12-4-1-10(7-13(12)20)16-17(21-9-26-16)24-8-15-14(22-18(24)25)5-6-23(15)11-2-3-11/h1,4-9,11H,2-3H2. The van der Waals surface area contributed by atoms with E-state index in [2.05, 4.69) is 14.5 Å². The van der Waals surface area contributed by atoms with Gasteiger partial charge in [-0.05, 0) is 37.1 Å². The van der Waals surface area contributed by atoms with Gasteiger partial charge in [0.15, 0.2) is 18.0 Å². The topological polar surface area (TPSA) is 65.8 Å². The van der Waals surface area contributed by atoms with Crippen LogP contribution >= 0.6 is 11.6 Å². The Morgan fingerprint density at radius 1 is 1.27 bits per heavy atom. The summed E-state index contributed by atoms with van der Waals surface area (Å²) in [7, 11) is 0. The second-order valence-corrected chi connectivity index (χ2v) is 6.66. The Morgan fingerprint density at radius 2 is 2.12 bits per heavy atom. The van der Waals surface area contributed by atoms with Crippen LogP contribution in [-0.4, -0.2) is 19.1 Å². The molecule has 5 rings (SSSR count). The average Bonchev–Trinajstić information content (AvgIpc) is 3.21. The van der Waals surface area contributed by atoms with Crippen LogP contribution in [-0.2, 0) is 0 Å². The molecule has 0 bridgehead atoms. The summed E-state index contributed by atoms with van der Waals surface area (Å²) in [6.07, 6.45) is 7.09. The van der Waals surface area contributed by atoms with E-state index < -0.39 is 11.5 Å². The maximum atomic E-state index is 13.8. The number of nitrogens with zero attached hydrogens (tertiary/aromatic N) is 4. The lowest BCUT2D eigenvalue weighted by Gasteiger charge is -2.07. The summed E-state index contributed by atoms with van der Waals surface area (Å²) in [5.41, 5.74) is 1.45. The van der Waals surface area contributed by atoms with Crippen molar-refractivity contribution in [1.82, 2.24) is 19.1 Å². The van der Waals surface area contributed by atoms with E-state index in [0.717, 1.165) is 18.4 Å². The van der Waals surface area contributed by atoms with E-state index in [1.54, 1.807) is 12.3 Å². The molecule has 0 spiro atoms. The molecule has 0 N–H and O–H groups in total. The van der Waals surface area contributed by atoms with Gasteiger partial charge >= 0.3 is 5.69 Å². The van der Waals surface area contributed by atoms with Crippen LogP contribution in [0.3, 0.4) is 0 Å². The van der Waals surface area contributed by atoms with Crippen molar-refractivity contribution >= 4 is 22.6 Å². The lowest BCUT2D eigenvalue weighted by atomic mass is 10.1. The lowest BCUT2D eigenvalue weighted by molar-refractivity contribution is 0.569. The Labute approximate surface area is 151 Å². The van der Waals surface area contributed by atoms with Crippen LogP contribution in [0.1, 0.15) is 18.9 Å². The predicted octanol–water partition coefficient (Wildman–Crippen LogP) is 3.97. The summed E-state index contributed by atoms with van der Waals surface area (Å²) in [6, 6.07) is 6.57. The van der Waals surface area contributed by atoms with Gasteiger partial charge in [-0.15, -0.1) is 0 Å². The Morgan fingerprint density at radius 3 is 2.88 bits per heavy atom. The van der Waals surface area contributed by atoms with Gasteiger partial charge in [-0.2, -0.15) is 9.97 Å². The third-order valence-corrected chi connectivity index (χ3v) is 4.81. The first-order valence-electron chi connectivity index (χ1n) is 8.11. The highest BCUT2D eigenvalue weighted by molar-refractivity contribution is 6.30. The van der Waals surface area contributed by atoms with E-state index in [0.29, 0.717) is 17.1 Å². The molecule has 1 fully saturated rings. The summed E-state index contributed by atoms with van der Waals surface area (Å²) in [6.45, 7) is 0. The molecule has 3 aromatic heterocycles. The number of oxazole rings is 1. The van der Waals surface area contributed by atoms with Gasteiger partial charge in [-0.3, -0.25) is 0 Å². The van der Waals surface area contributed by atoms with Gasteiger partial charge in [0.25, 0.3) is 0 Å². The Balaban J connectivity index is 1.70. The smallest absolute Gasteiger partial charge is 0.354 e. The number of aromatic nitrogens is 4. The zero-order valence-corrected chi connectivity index (χ0v) is 14.2. The fourth-order valence-corrected chi connectivity index (χ4v) is 3.20. The van der Waals surface area contributed by atoms with E-state index in [1.807, 2.05) is 12.3 Å². The predicted molar refractivity (Wildman–Crippen MR) is 94.1 cm³/mol. The summed E-state index contributed by atoms with van der Waals surface area (Å²) in [4.78, 5) is 20.8. The molecule has 1 saturated carbocycles. The molecule has 1 aliphatic carbocycles. The molecule has 1 aliphatic rings. The first kappa shape index (κ1) is 15.3. The number of halogens is 2. The van der Waals surface area contributed by atoms with E-state index in [-0.39, 0.29) is 16.6 Å². The van der Waals surface area contributed by atoms with Crippen molar-refractivity contribution in [1.29, 1.82) is 0 Å². The molecule has 130 valence electrons. The lowest BCUT2D eigenvalue weighted by Crippen LogP contribution is -2.21. The monoisotopic (exact) mass is 370 g/mol. The van der Waals surface area contributed by atoms with Gasteiger partial charge in [-0.25, -0.2) is 13.8 Å². The van der Waals surface area contributed by atoms with Crippen molar-refractivity contribution in [3.8, 4) is 17.1 Å². The van der Waals surface area contributed by atoms with Gasteiger partial charge in [0, 0.05) is 24.0 Å². The molecule has 4 aromatic rings. The largest absolute Gasteiger partial charge is 0.441 e. The van der Waals surface area contributed by atoms with Gasteiger partial charge in [0.1, 0.15) is 5.82 Å². The summed E-state index contributed by atoms with van der Waals surface area (Å²) in [5.74, 6) is -0.0435. The van der Waals surface area contributed by atoms with Crippen molar-refractivity contribution in [2.75, 3.05) is 0 Å². The van der Waals surface area contributed by atoms with Gasteiger partial charge < -0.3 is 8.98 Å². The molecule has 0 saturated heterocycles. The summed E-state index contributed by atoms with van der Waals surface area (Å²) < 4.78 is 22.7. The van der Waals surface area contributed by atoms with Crippen LogP contribution in [0, 0.1) is 5.82 Å². The number of benzene rings is 1. The number of hydrogen-bond acceptors (Lipinski definition) is 4. The SMILES string of the molecule is O=c1nc2ccn(C3CC3)c2cn1-c1ncoc1-c1ccc(Cl)c(F)c1. The minimum atomic E-state index is -0.574. The highest BCUT2D eigenvalue weighted by Gasteiger charge is 2.25. The van der Waals surface area contributed by atoms with Crippen LogP contribution in [0.4, 0.5) is 4.39 Å². The van der Waals surface area contributed by atoms with Crippen molar-refractivity contribution in [3.63, 3.8) is 0 Å². The Kier molecular flexibility index (Phi) is 3.27. The molecule has 0 aliphatic heterocycles. The van der Waals surface area contributed by atoms with Gasteiger partial charge in [0.2, 0.25) is 0 Å². The van der Waals surface area contributed by atoms with Gasteiger partial charge in [-0.1, -0.05) is 11.6 Å². The zero-order chi connectivity index (χ0) is 17.8. The molecular weight excluding hydrogens is 359 g/mol. The highest BCUT2D eigenvalue weighted by Crippen LogP contribution is 2.37. The average molecular weight is 371 g/mol. The highest BCUT2D eigenvalue weighted by atomic mass is 35.5.